The minimum Gasteiger partial charge on any atom is -0.312 e. The van der Waals surface area contributed by atoms with Crippen molar-refractivity contribution >= 4 is 26.5 Å². The van der Waals surface area contributed by atoms with Gasteiger partial charge in [-0.3, -0.25) is 9.82 Å². The zero-order chi connectivity index (χ0) is 14.0. The van der Waals surface area contributed by atoms with Gasteiger partial charge in [0.2, 0.25) is 0 Å². The molecule has 19 heavy (non-hydrogen) atoms. The fourth-order valence-electron chi connectivity index (χ4n) is 1.46. The molecule has 2 heterocycles. The Hall–Kier alpha value is -1.45. The topological polar surface area (TPSA) is 99.8 Å². The fraction of sp³-hybridized carbons (Fsp3) is 0.400. The van der Waals surface area contributed by atoms with Crippen molar-refractivity contribution in [3.05, 3.63) is 23.0 Å². The first kappa shape index (κ1) is 14.0. The Morgan fingerprint density at radius 1 is 1.47 bits per heavy atom. The number of thiazole rings is 1. The van der Waals surface area contributed by atoms with Gasteiger partial charge in [0.1, 0.15) is 4.90 Å². The van der Waals surface area contributed by atoms with Crippen molar-refractivity contribution in [3.63, 3.8) is 0 Å². The van der Waals surface area contributed by atoms with Gasteiger partial charge in [-0.25, -0.2) is 13.4 Å². The second-order valence-corrected chi connectivity index (χ2v) is 6.56. The predicted octanol–water partition coefficient (Wildman–Crippen LogP) is 1.26. The van der Waals surface area contributed by atoms with Crippen LogP contribution in [-0.2, 0) is 10.0 Å². The van der Waals surface area contributed by atoms with Crippen LogP contribution in [0, 0.1) is 6.92 Å². The molecular formula is C10H15N5O2S2. The maximum atomic E-state index is 12.1. The molecule has 2 aromatic rings. The summed E-state index contributed by atoms with van der Waals surface area (Å²) in [4.78, 5) is 4.37. The lowest BCUT2D eigenvalue weighted by Crippen LogP contribution is -2.15. The van der Waals surface area contributed by atoms with Crippen LogP contribution in [0.1, 0.15) is 24.4 Å². The largest absolute Gasteiger partial charge is 0.312 e. The van der Waals surface area contributed by atoms with Crippen LogP contribution in [0.25, 0.3) is 0 Å². The molecule has 0 bridgehead atoms. The Morgan fingerprint density at radius 2 is 2.21 bits per heavy atom. The maximum Gasteiger partial charge on any atom is 0.267 e. The van der Waals surface area contributed by atoms with Gasteiger partial charge in [-0.1, -0.05) is 0 Å². The van der Waals surface area contributed by atoms with Crippen molar-refractivity contribution in [1.29, 1.82) is 0 Å². The first-order valence-corrected chi connectivity index (χ1v) is 7.96. The Labute approximate surface area is 115 Å². The van der Waals surface area contributed by atoms with Crippen LogP contribution in [0.3, 0.4) is 0 Å². The molecule has 0 aliphatic heterocycles. The zero-order valence-electron chi connectivity index (χ0n) is 10.8. The van der Waals surface area contributed by atoms with Crippen LogP contribution in [0.4, 0.5) is 5.13 Å². The molecule has 1 unspecified atom stereocenters. The number of H-pyrrole nitrogens is 1. The highest BCUT2D eigenvalue weighted by molar-refractivity contribution is 7.93. The lowest BCUT2D eigenvalue weighted by molar-refractivity contribution is 0.600. The normalized spacial score (nSPS) is 13.4. The molecule has 2 aromatic heterocycles. The molecule has 0 aliphatic rings. The molecule has 7 nitrogen and oxygen atoms in total. The number of hydrogen-bond donors (Lipinski definition) is 3. The number of nitrogens with zero attached hydrogens (tertiary/aromatic N) is 2. The van der Waals surface area contributed by atoms with E-state index in [9.17, 15) is 8.42 Å². The molecule has 0 saturated heterocycles. The van der Waals surface area contributed by atoms with Crippen molar-refractivity contribution in [2.45, 2.75) is 24.8 Å². The number of aromatic amines is 1. The highest BCUT2D eigenvalue weighted by Crippen LogP contribution is 2.23. The zero-order valence-corrected chi connectivity index (χ0v) is 12.4. The van der Waals surface area contributed by atoms with Crippen LogP contribution in [0.2, 0.25) is 0 Å². The van der Waals surface area contributed by atoms with Gasteiger partial charge in [0.05, 0.1) is 17.6 Å². The number of rotatable bonds is 5. The first-order chi connectivity index (χ1) is 8.94. The Morgan fingerprint density at radius 3 is 2.79 bits per heavy atom. The second-order valence-electron chi connectivity index (χ2n) is 4.05. The summed E-state index contributed by atoms with van der Waals surface area (Å²) in [6.07, 6.45) is 1.28. The van der Waals surface area contributed by atoms with Crippen LogP contribution in [0.15, 0.2) is 16.5 Å². The Balaban J connectivity index is 2.22. The summed E-state index contributed by atoms with van der Waals surface area (Å²) in [7, 11) is -1.81. The number of aryl methyl sites for hydroxylation is 1. The highest BCUT2D eigenvalue weighted by atomic mass is 32.2. The van der Waals surface area contributed by atoms with Crippen molar-refractivity contribution in [1.82, 2.24) is 20.5 Å². The summed E-state index contributed by atoms with van der Waals surface area (Å²) < 4.78 is 26.7. The average Bonchev–Trinajstić information content (AvgIpc) is 2.96. The molecule has 0 spiro atoms. The molecule has 1 atom stereocenters. The summed E-state index contributed by atoms with van der Waals surface area (Å²) in [6, 6.07) is 0.0742. The van der Waals surface area contributed by atoms with Gasteiger partial charge in [0.15, 0.2) is 5.13 Å². The standard InChI is InChI=1S/C10H15N5O2S2/c1-6(11-3)8-5-18-10(13-8)15-19(16,17)9-4-12-14-7(9)2/h4-6,11H,1-3H3,(H,12,14)(H,13,15). The molecule has 2 rings (SSSR count). The second kappa shape index (κ2) is 5.27. The number of nitrogens with one attached hydrogen (secondary N) is 3. The summed E-state index contributed by atoms with van der Waals surface area (Å²) in [6.45, 7) is 3.60. The van der Waals surface area contributed by atoms with E-state index in [0.717, 1.165) is 5.69 Å². The summed E-state index contributed by atoms with van der Waals surface area (Å²) in [5.74, 6) is 0. The first-order valence-electron chi connectivity index (χ1n) is 5.59. The van der Waals surface area contributed by atoms with Gasteiger partial charge in [-0.15, -0.1) is 11.3 Å². The van der Waals surface area contributed by atoms with E-state index < -0.39 is 10.0 Å². The van der Waals surface area contributed by atoms with E-state index >= 15 is 0 Å². The number of anilines is 1. The number of hydrogen-bond acceptors (Lipinski definition) is 6. The minimum atomic E-state index is -3.64. The molecule has 0 aromatic carbocycles. The summed E-state index contributed by atoms with van der Waals surface area (Å²) >= 11 is 1.25. The molecule has 104 valence electrons. The van der Waals surface area contributed by atoms with E-state index in [1.54, 1.807) is 6.92 Å². The molecule has 3 N–H and O–H groups in total. The van der Waals surface area contributed by atoms with Gasteiger partial charge in [-0.05, 0) is 20.9 Å². The molecule has 0 amide bonds. The Kier molecular flexibility index (Phi) is 3.88. The van der Waals surface area contributed by atoms with Crippen LogP contribution in [-0.4, -0.2) is 30.6 Å². The number of aromatic nitrogens is 3. The van der Waals surface area contributed by atoms with Gasteiger partial charge in [-0.2, -0.15) is 5.10 Å². The summed E-state index contributed by atoms with van der Waals surface area (Å²) in [5, 5.41) is 11.5. The average molecular weight is 301 g/mol. The van der Waals surface area contributed by atoms with Gasteiger partial charge >= 0.3 is 0 Å². The van der Waals surface area contributed by atoms with Crippen LogP contribution in [0.5, 0.6) is 0 Å². The van der Waals surface area contributed by atoms with Gasteiger partial charge < -0.3 is 5.32 Å². The smallest absolute Gasteiger partial charge is 0.267 e. The van der Waals surface area contributed by atoms with E-state index in [2.05, 4.69) is 25.2 Å². The lowest BCUT2D eigenvalue weighted by Gasteiger charge is -2.06. The molecule has 0 radical (unpaired) electrons. The highest BCUT2D eigenvalue weighted by Gasteiger charge is 2.20. The fourth-order valence-corrected chi connectivity index (χ4v) is 3.65. The third-order valence-corrected chi connectivity index (χ3v) is 5.05. The third-order valence-electron chi connectivity index (χ3n) is 2.69. The predicted molar refractivity (Wildman–Crippen MR) is 73.7 cm³/mol. The quantitative estimate of drug-likeness (QED) is 0.772. The molecule has 0 aliphatic carbocycles. The SMILES string of the molecule is CNC(C)c1csc(NS(=O)(=O)c2cn[nH]c2C)n1. The van der Waals surface area contributed by atoms with Gasteiger partial charge in [0, 0.05) is 11.4 Å². The molecule has 0 fully saturated rings. The van der Waals surface area contributed by atoms with Crippen molar-refractivity contribution in [2.24, 2.45) is 0 Å². The van der Waals surface area contributed by atoms with E-state index in [1.807, 2.05) is 19.4 Å². The van der Waals surface area contributed by atoms with E-state index in [4.69, 9.17) is 0 Å². The monoisotopic (exact) mass is 301 g/mol. The van der Waals surface area contributed by atoms with Gasteiger partial charge in [0.25, 0.3) is 10.0 Å². The minimum absolute atomic E-state index is 0.0742. The maximum absolute atomic E-state index is 12.1. The molecule has 0 saturated carbocycles. The summed E-state index contributed by atoms with van der Waals surface area (Å²) in [5.41, 5.74) is 1.29. The number of sulfonamides is 1. The third kappa shape index (κ3) is 2.94. The van der Waals surface area contributed by atoms with E-state index in [0.29, 0.717) is 10.8 Å². The molecular weight excluding hydrogens is 286 g/mol. The van der Waals surface area contributed by atoms with Crippen molar-refractivity contribution in [2.75, 3.05) is 11.8 Å². The molecule has 9 heteroatoms. The van der Waals surface area contributed by atoms with Crippen molar-refractivity contribution < 1.29 is 8.42 Å². The lowest BCUT2D eigenvalue weighted by atomic mass is 10.3. The van der Waals surface area contributed by atoms with Crippen molar-refractivity contribution in [3.8, 4) is 0 Å². The van der Waals surface area contributed by atoms with Crippen LogP contribution >= 0.6 is 11.3 Å². The van der Waals surface area contributed by atoms with Crippen LogP contribution < -0.4 is 10.0 Å². The van der Waals surface area contributed by atoms with E-state index in [1.165, 1.54) is 17.5 Å². The Bertz CT molecular complexity index is 661. The van der Waals surface area contributed by atoms with E-state index in [-0.39, 0.29) is 10.9 Å².